The molecular weight excluding hydrogens is 304 g/mol. The molecule has 0 atom stereocenters. The Morgan fingerprint density at radius 3 is 2.73 bits per heavy atom. The van der Waals surface area contributed by atoms with Gasteiger partial charge >= 0.3 is 6.03 Å². The molecule has 0 unspecified atom stereocenters. The zero-order valence-corrected chi connectivity index (χ0v) is 12.9. The zero-order chi connectivity index (χ0) is 15.9. The van der Waals surface area contributed by atoms with Crippen LogP contribution in [0, 0.1) is 0 Å². The van der Waals surface area contributed by atoms with Crippen LogP contribution in [0.25, 0.3) is 0 Å². The summed E-state index contributed by atoms with van der Waals surface area (Å²) in [7, 11) is 1.51. The minimum absolute atomic E-state index is 0.0232. The fraction of sp³-hybridized carbons (Fsp3) is 0.188. The first-order valence-corrected chi connectivity index (χ1v) is 7.07. The lowest BCUT2D eigenvalue weighted by atomic mass is 10.1. The van der Waals surface area contributed by atoms with Crippen molar-refractivity contribution in [2.45, 2.75) is 13.2 Å². The standard InChI is InChI=1S/C16H17ClN2O3/c1-22-15-8-13(5-6-14(15)17)19-16(21)18-9-11-3-2-4-12(7-11)10-20/h2-8,20H,9-10H2,1H3,(H2,18,19,21). The molecule has 0 spiro atoms. The van der Waals surface area contributed by atoms with Crippen molar-refractivity contribution in [3.63, 3.8) is 0 Å². The average Bonchev–Trinajstić information content (AvgIpc) is 2.55. The van der Waals surface area contributed by atoms with Crippen LogP contribution >= 0.6 is 11.6 Å². The largest absolute Gasteiger partial charge is 0.495 e. The number of anilines is 1. The fourth-order valence-corrected chi connectivity index (χ4v) is 2.13. The van der Waals surface area contributed by atoms with E-state index in [2.05, 4.69) is 10.6 Å². The highest BCUT2D eigenvalue weighted by molar-refractivity contribution is 6.32. The number of hydrogen-bond donors (Lipinski definition) is 3. The molecule has 0 aliphatic carbocycles. The predicted octanol–water partition coefficient (Wildman–Crippen LogP) is 3.16. The number of rotatable bonds is 5. The molecular formula is C16H17ClN2O3. The topological polar surface area (TPSA) is 70.6 Å². The van der Waals surface area contributed by atoms with E-state index in [1.807, 2.05) is 24.3 Å². The lowest BCUT2D eigenvalue weighted by Gasteiger charge is -2.10. The Labute approximate surface area is 133 Å². The van der Waals surface area contributed by atoms with Crippen molar-refractivity contribution < 1.29 is 14.6 Å². The summed E-state index contributed by atoms with van der Waals surface area (Å²) in [4.78, 5) is 11.9. The van der Waals surface area contributed by atoms with Gasteiger partial charge in [-0.3, -0.25) is 0 Å². The van der Waals surface area contributed by atoms with Crippen LogP contribution in [0.4, 0.5) is 10.5 Å². The van der Waals surface area contributed by atoms with Gasteiger partial charge in [0, 0.05) is 18.3 Å². The molecule has 0 aliphatic heterocycles. The summed E-state index contributed by atoms with van der Waals surface area (Å²) in [5, 5.41) is 15.0. The molecule has 0 heterocycles. The lowest BCUT2D eigenvalue weighted by molar-refractivity contribution is 0.251. The van der Waals surface area contributed by atoms with Gasteiger partial charge in [-0.2, -0.15) is 0 Å². The number of aliphatic hydroxyl groups is 1. The highest BCUT2D eigenvalue weighted by atomic mass is 35.5. The third-order valence-corrected chi connectivity index (χ3v) is 3.35. The Morgan fingerprint density at radius 2 is 2.00 bits per heavy atom. The first kappa shape index (κ1) is 16.1. The Kier molecular flexibility index (Phi) is 5.63. The number of hydrogen-bond acceptors (Lipinski definition) is 3. The van der Waals surface area contributed by atoms with Gasteiger partial charge < -0.3 is 20.5 Å². The summed E-state index contributed by atoms with van der Waals surface area (Å²) in [5.74, 6) is 0.495. The zero-order valence-electron chi connectivity index (χ0n) is 12.1. The van der Waals surface area contributed by atoms with Gasteiger partial charge in [0.15, 0.2) is 0 Å². The quantitative estimate of drug-likeness (QED) is 0.792. The Hall–Kier alpha value is -2.24. The number of carbonyl (C=O) groups is 1. The monoisotopic (exact) mass is 320 g/mol. The third-order valence-electron chi connectivity index (χ3n) is 3.04. The molecule has 0 saturated heterocycles. The highest BCUT2D eigenvalue weighted by Crippen LogP contribution is 2.27. The van der Waals surface area contributed by atoms with Gasteiger partial charge in [0.25, 0.3) is 0 Å². The van der Waals surface area contributed by atoms with Crippen LogP contribution in [-0.4, -0.2) is 18.2 Å². The number of amides is 2. The number of nitrogens with one attached hydrogen (secondary N) is 2. The smallest absolute Gasteiger partial charge is 0.319 e. The summed E-state index contributed by atoms with van der Waals surface area (Å²) in [6, 6.07) is 12.0. The first-order valence-electron chi connectivity index (χ1n) is 6.69. The van der Waals surface area contributed by atoms with Crippen LogP contribution in [0.1, 0.15) is 11.1 Å². The first-order chi connectivity index (χ1) is 10.6. The van der Waals surface area contributed by atoms with Crippen LogP contribution in [0.2, 0.25) is 5.02 Å². The SMILES string of the molecule is COc1cc(NC(=O)NCc2cccc(CO)c2)ccc1Cl. The Balaban J connectivity index is 1.92. The molecule has 0 aromatic heterocycles. The number of benzene rings is 2. The second-order valence-corrected chi connectivity index (χ2v) is 5.04. The molecule has 0 radical (unpaired) electrons. The van der Waals surface area contributed by atoms with E-state index in [0.29, 0.717) is 23.0 Å². The lowest BCUT2D eigenvalue weighted by Crippen LogP contribution is -2.28. The van der Waals surface area contributed by atoms with Crippen molar-refractivity contribution in [3.05, 3.63) is 58.6 Å². The van der Waals surface area contributed by atoms with Crippen LogP contribution < -0.4 is 15.4 Å². The van der Waals surface area contributed by atoms with Crippen molar-refractivity contribution >= 4 is 23.3 Å². The molecule has 0 bridgehead atoms. The minimum atomic E-state index is -0.334. The maximum Gasteiger partial charge on any atom is 0.319 e. The molecule has 0 aliphatic rings. The van der Waals surface area contributed by atoms with E-state index in [9.17, 15) is 4.79 Å². The van der Waals surface area contributed by atoms with E-state index in [0.717, 1.165) is 11.1 Å². The molecule has 0 fully saturated rings. The van der Waals surface area contributed by atoms with Gasteiger partial charge in [0.1, 0.15) is 5.75 Å². The van der Waals surface area contributed by atoms with E-state index in [-0.39, 0.29) is 12.6 Å². The minimum Gasteiger partial charge on any atom is -0.495 e. The molecule has 3 N–H and O–H groups in total. The second kappa shape index (κ2) is 7.68. The number of methoxy groups -OCH3 is 1. The van der Waals surface area contributed by atoms with Crippen molar-refractivity contribution in [2.75, 3.05) is 12.4 Å². The number of ether oxygens (including phenoxy) is 1. The Bertz CT molecular complexity index is 662. The summed E-state index contributed by atoms with van der Waals surface area (Å²) < 4.78 is 5.09. The van der Waals surface area contributed by atoms with Crippen LogP contribution in [0.3, 0.4) is 0 Å². The maximum absolute atomic E-state index is 11.9. The van der Waals surface area contributed by atoms with E-state index < -0.39 is 0 Å². The van der Waals surface area contributed by atoms with Gasteiger partial charge in [-0.25, -0.2) is 4.79 Å². The van der Waals surface area contributed by atoms with Gasteiger partial charge in [0.05, 0.1) is 18.7 Å². The van der Waals surface area contributed by atoms with Crippen molar-refractivity contribution in [3.8, 4) is 5.75 Å². The predicted molar refractivity (Wildman–Crippen MR) is 86.2 cm³/mol. The normalized spacial score (nSPS) is 10.1. The second-order valence-electron chi connectivity index (χ2n) is 4.64. The number of halogens is 1. The van der Waals surface area contributed by atoms with E-state index in [1.165, 1.54) is 7.11 Å². The summed E-state index contributed by atoms with van der Waals surface area (Å²) in [6.45, 7) is 0.342. The van der Waals surface area contributed by atoms with Crippen molar-refractivity contribution in [1.82, 2.24) is 5.32 Å². The molecule has 2 aromatic carbocycles. The van der Waals surface area contributed by atoms with E-state index >= 15 is 0 Å². The van der Waals surface area contributed by atoms with Crippen LogP contribution in [0.15, 0.2) is 42.5 Å². The molecule has 6 heteroatoms. The molecule has 0 saturated carbocycles. The maximum atomic E-state index is 11.9. The number of carbonyl (C=O) groups excluding carboxylic acids is 1. The van der Waals surface area contributed by atoms with E-state index in [1.54, 1.807) is 18.2 Å². The highest BCUT2D eigenvalue weighted by Gasteiger charge is 2.06. The molecule has 2 rings (SSSR count). The summed E-state index contributed by atoms with van der Waals surface area (Å²) in [5.41, 5.74) is 2.31. The molecule has 2 aromatic rings. The van der Waals surface area contributed by atoms with Gasteiger partial charge in [-0.05, 0) is 23.3 Å². The summed E-state index contributed by atoms with van der Waals surface area (Å²) in [6.07, 6.45) is 0. The molecule has 2 amide bonds. The molecule has 22 heavy (non-hydrogen) atoms. The fourth-order valence-electron chi connectivity index (χ4n) is 1.93. The molecule has 5 nitrogen and oxygen atoms in total. The summed E-state index contributed by atoms with van der Waals surface area (Å²) >= 11 is 5.93. The van der Waals surface area contributed by atoms with Crippen molar-refractivity contribution in [1.29, 1.82) is 0 Å². The van der Waals surface area contributed by atoms with Crippen LogP contribution in [0.5, 0.6) is 5.75 Å². The number of urea groups is 1. The van der Waals surface area contributed by atoms with Gasteiger partial charge in [-0.15, -0.1) is 0 Å². The average molecular weight is 321 g/mol. The van der Waals surface area contributed by atoms with Gasteiger partial charge in [0.2, 0.25) is 0 Å². The third kappa shape index (κ3) is 4.38. The number of aliphatic hydroxyl groups excluding tert-OH is 1. The van der Waals surface area contributed by atoms with Crippen LogP contribution in [-0.2, 0) is 13.2 Å². The van der Waals surface area contributed by atoms with E-state index in [4.69, 9.17) is 21.4 Å². The molecule has 116 valence electrons. The Morgan fingerprint density at radius 1 is 1.23 bits per heavy atom. The van der Waals surface area contributed by atoms with Gasteiger partial charge in [-0.1, -0.05) is 35.9 Å². The van der Waals surface area contributed by atoms with Crippen molar-refractivity contribution in [2.24, 2.45) is 0 Å².